The molecule has 1 aliphatic carbocycles. The molecule has 0 radical (unpaired) electrons. The molecule has 1 aromatic heterocycles. The van der Waals surface area contributed by atoms with Gasteiger partial charge in [0.25, 0.3) is 5.91 Å². The fourth-order valence-corrected chi connectivity index (χ4v) is 4.77. The minimum absolute atomic E-state index is 0.323. The lowest BCUT2D eigenvalue weighted by Crippen LogP contribution is -2.26. The van der Waals surface area contributed by atoms with Gasteiger partial charge in [-0.3, -0.25) is 4.79 Å². The number of fused-ring (bicyclic) bond motifs is 2. The third-order valence-corrected chi connectivity index (χ3v) is 6.49. The van der Waals surface area contributed by atoms with Crippen LogP contribution in [0.1, 0.15) is 39.9 Å². The van der Waals surface area contributed by atoms with Gasteiger partial charge in [-0.2, -0.15) is 10.1 Å². The second-order valence-electron chi connectivity index (χ2n) is 7.71. The number of aryl methyl sites for hydroxylation is 2. The smallest absolute Gasteiger partial charge is 0.267 e. The largest absolute Gasteiger partial charge is 0.280 e. The molecule has 0 unspecified atom stereocenters. The van der Waals surface area contributed by atoms with E-state index in [1.165, 1.54) is 58.0 Å². The Morgan fingerprint density at radius 3 is 2.50 bits per heavy atom. The highest BCUT2D eigenvalue weighted by molar-refractivity contribution is 7.22. The number of halogens is 2. The maximum atomic E-state index is 13.7. The van der Waals surface area contributed by atoms with E-state index in [1.54, 1.807) is 18.2 Å². The standard InChI is InChI=1S/C25H19F2N3OS/c26-20-9-5-16(6-10-20)15-28-30(25-29-22-12-11-21(27)14-23(22)32-25)24(31)19-8-7-17-3-1-2-4-18(17)13-19/h5-15H,1-4H2/b28-15+. The number of amides is 1. The highest BCUT2D eigenvalue weighted by Gasteiger charge is 2.22. The van der Waals surface area contributed by atoms with E-state index >= 15 is 0 Å². The van der Waals surface area contributed by atoms with Crippen molar-refractivity contribution in [3.8, 4) is 0 Å². The van der Waals surface area contributed by atoms with Gasteiger partial charge in [-0.15, -0.1) is 0 Å². The first-order valence-corrected chi connectivity index (χ1v) is 11.2. The number of hydrogen-bond acceptors (Lipinski definition) is 4. The molecular formula is C25H19F2N3OS. The molecule has 1 heterocycles. The van der Waals surface area contributed by atoms with Gasteiger partial charge in [0.2, 0.25) is 5.13 Å². The van der Waals surface area contributed by atoms with Crippen molar-refractivity contribution >= 4 is 38.8 Å². The Morgan fingerprint density at radius 1 is 0.938 bits per heavy atom. The quantitative estimate of drug-likeness (QED) is 0.279. The van der Waals surface area contributed by atoms with Gasteiger partial charge >= 0.3 is 0 Å². The molecule has 3 aromatic carbocycles. The van der Waals surface area contributed by atoms with Crippen molar-refractivity contribution in [1.82, 2.24) is 4.98 Å². The number of carbonyl (C=O) groups is 1. The molecule has 0 saturated carbocycles. The lowest BCUT2D eigenvalue weighted by atomic mass is 9.90. The SMILES string of the molecule is O=C(c1ccc2c(c1)CCCC2)N(/N=C/c1ccc(F)cc1)c1nc2ccc(F)cc2s1. The van der Waals surface area contributed by atoms with Gasteiger partial charge in [0.15, 0.2) is 0 Å². The van der Waals surface area contributed by atoms with Crippen molar-refractivity contribution in [3.63, 3.8) is 0 Å². The molecule has 160 valence electrons. The van der Waals surface area contributed by atoms with Crippen LogP contribution in [-0.2, 0) is 12.8 Å². The van der Waals surface area contributed by atoms with Crippen LogP contribution >= 0.6 is 11.3 Å². The number of hydrogen-bond donors (Lipinski definition) is 0. The minimum atomic E-state index is -0.366. The number of rotatable bonds is 4. The van der Waals surface area contributed by atoms with Crippen LogP contribution < -0.4 is 5.01 Å². The van der Waals surface area contributed by atoms with E-state index in [-0.39, 0.29) is 17.5 Å². The first-order valence-electron chi connectivity index (χ1n) is 10.4. The molecule has 0 aliphatic heterocycles. The Morgan fingerprint density at radius 2 is 1.69 bits per heavy atom. The number of benzene rings is 3. The van der Waals surface area contributed by atoms with Crippen molar-refractivity contribution in [1.29, 1.82) is 0 Å². The van der Waals surface area contributed by atoms with E-state index in [4.69, 9.17) is 0 Å². The van der Waals surface area contributed by atoms with Gasteiger partial charge in [0, 0.05) is 5.56 Å². The summed E-state index contributed by atoms with van der Waals surface area (Å²) in [6.07, 6.45) is 5.74. The van der Waals surface area contributed by atoms with E-state index < -0.39 is 0 Å². The predicted octanol–water partition coefficient (Wildman–Crippen LogP) is 6.13. The Balaban J connectivity index is 1.54. The van der Waals surface area contributed by atoms with E-state index in [1.807, 2.05) is 18.2 Å². The van der Waals surface area contributed by atoms with Crippen LogP contribution in [0.2, 0.25) is 0 Å². The molecule has 7 heteroatoms. The van der Waals surface area contributed by atoms with Gasteiger partial charge in [0.1, 0.15) is 11.6 Å². The van der Waals surface area contributed by atoms with E-state index in [0.717, 1.165) is 25.7 Å². The maximum absolute atomic E-state index is 13.7. The van der Waals surface area contributed by atoms with Crippen LogP contribution in [0.4, 0.5) is 13.9 Å². The molecule has 4 aromatic rings. The summed E-state index contributed by atoms with van der Waals surface area (Å²) in [4.78, 5) is 18.0. The summed E-state index contributed by atoms with van der Waals surface area (Å²) >= 11 is 1.19. The average molecular weight is 448 g/mol. The summed E-state index contributed by atoms with van der Waals surface area (Å²) < 4.78 is 27.5. The third kappa shape index (κ3) is 4.16. The lowest BCUT2D eigenvalue weighted by Gasteiger charge is -2.18. The normalized spacial score (nSPS) is 13.4. The first kappa shape index (κ1) is 20.5. The fraction of sp³-hybridized carbons (Fsp3) is 0.160. The van der Waals surface area contributed by atoms with Crippen LogP contribution in [0.15, 0.2) is 65.8 Å². The fourth-order valence-electron chi connectivity index (χ4n) is 3.83. The van der Waals surface area contributed by atoms with Gasteiger partial charge in [-0.25, -0.2) is 13.8 Å². The first-order chi connectivity index (χ1) is 15.6. The lowest BCUT2D eigenvalue weighted by molar-refractivity contribution is 0.0987. The molecule has 32 heavy (non-hydrogen) atoms. The molecule has 0 fully saturated rings. The highest BCUT2D eigenvalue weighted by Crippen LogP contribution is 2.31. The number of nitrogens with zero attached hydrogens (tertiary/aromatic N) is 3. The Hall–Kier alpha value is -3.45. The minimum Gasteiger partial charge on any atom is -0.267 e. The van der Waals surface area contributed by atoms with Crippen molar-refractivity contribution in [2.75, 3.05) is 5.01 Å². The van der Waals surface area contributed by atoms with Crippen LogP contribution in [0.5, 0.6) is 0 Å². The number of hydrazone groups is 1. The summed E-state index contributed by atoms with van der Waals surface area (Å²) in [5.74, 6) is -1.04. The van der Waals surface area contributed by atoms with Crippen molar-refractivity contribution < 1.29 is 13.6 Å². The molecule has 0 saturated heterocycles. The highest BCUT2D eigenvalue weighted by atomic mass is 32.1. The van der Waals surface area contributed by atoms with E-state index in [9.17, 15) is 13.6 Å². The summed E-state index contributed by atoms with van der Waals surface area (Å²) in [5, 5.41) is 5.96. The summed E-state index contributed by atoms with van der Waals surface area (Å²) in [6, 6.07) is 15.9. The van der Waals surface area contributed by atoms with Crippen LogP contribution in [0.3, 0.4) is 0 Å². The molecular weight excluding hydrogens is 428 g/mol. The molecule has 4 nitrogen and oxygen atoms in total. The van der Waals surface area contributed by atoms with Gasteiger partial charge in [-0.1, -0.05) is 29.5 Å². The Kier molecular flexibility index (Phi) is 5.49. The van der Waals surface area contributed by atoms with Crippen molar-refractivity contribution in [3.05, 3.63) is 94.6 Å². The molecule has 1 aliphatic rings. The summed E-state index contributed by atoms with van der Waals surface area (Å²) in [6.45, 7) is 0. The van der Waals surface area contributed by atoms with E-state index in [0.29, 0.717) is 26.5 Å². The molecule has 0 bridgehead atoms. The van der Waals surface area contributed by atoms with Gasteiger partial charge in [-0.05, 0) is 84.8 Å². The second kappa shape index (κ2) is 8.59. The number of carbonyl (C=O) groups excluding carboxylic acids is 1. The van der Waals surface area contributed by atoms with Crippen molar-refractivity contribution in [2.24, 2.45) is 5.10 Å². The molecule has 1 amide bonds. The molecule has 5 rings (SSSR count). The third-order valence-electron chi connectivity index (χ3n) is 5.50. The van der Waals surface area contributed by atoms with E-state index in [2.05, 4.69) is 10.1 Å². The monoisotopic (exact) mass is 447 g/mol. The predicted molar refractivity (Wildman–Crippen MR) is 123 cm³/mol. The zero-order valence-electron chi connectivity index (χ0n) is 17.1. The average Bonchev–Trinajstić information content (AvgIpc) is 3.22. The molecule has 0 atom stereocenters. The second-order valence-corrected chi connectivity index (χ2v) is 8.72. The van der Waals surface area contributed by atoms with Gasteiger partial charge in [0.05, 0.1) is 16.4 Å². The number of anilines is 1. The number of aromatic nitrogens is 1. The van der Waals surface area contributed by atoms with Crippen molar-refractivity contribution in [2.45, 2.75) is 25.7 Å². The number of thiazole rings is 1. The zero-order chi connectivity index (χ0) is 22.1. The zero-order valence-corrected chi connectivity index (χ0v) is 17.9. The molecule has 0 spiro atoms. The summed E-state index contributed by atoms with van der Waals surface area (Å²) in [7, 11) is 0. The Bertz CT molecular complexity index is 1330. The Labute approximate surface area is 187 Å². The van der Waals surface area contributed by atoms with Crippen LogP contribution in [-0.4, -0.2) is 17.1 Å². The topological polar surface area (TPSA) is 45.6 Å². The molecule has 0 N–H and O–H groups in total. The van der Waals surface area contributed by atoms with Gasteiger partial charge < -0.3 is 0 Å². The summed E-state index contributed by atoms with van der Waals surface area (Å²) in [5.41, 5.74) is 4.22. The van der Waals surface area contributed by atoms with Crippen LogP contribution in [0, 0.1) is 11.6 Å². The van der Waals surface area contributed by atoms with Crippen LogP contribution in [0.25, 0.3) is 10.2 Å². The maximum Gasteiger partial charge on any atom is 0.280 e.